The summed E-state index contributed by atoms with van der Waals surface area (Å²) in [5.74, 6) is 0.168. The first-order chi connectivity index (χ1) is 9.83. The van der Waals surface area contributed by atoms with Crippen molar-refractivity contribution in [3.8, 4) is 0 Å². The molecule has 2 rings (SSSR count). The van der Waals surface area contributed by atoms with Gasteiger partial charge in [-0.15, -0.1) is 10.2 Å². The predicted molar refractivity (Wildman–Crippen MR) is 70.7 cm³/mol. The maximum Gasteiger partial charge on any atom is 0.273 e. The summed E-state index contributed by atoms with van der Waals surface area (Å²) in [6, 6.07) is 3.14. The van der Waals surface area contributed by atoms with Crippen LogP contribution in [0.2, 0.25) is 0 Å². The summed E-state index contributed by atoms with van der Waals surface area (Å²) in [5.41, 5.74) is -0.194. The number of aromatic amines is 1. The van der Waals surface area contributed by atoms with E-state index in [9.17, 15) is 18.5 Å². The highest BCUT2D eigenvalue weighted by atomic mass is 32.2. The van der Waals surface area contributed by atoms with Crippen LogP contribution in [0, 0.1) is 17.0 Å². The second-order valence-corrected chi connectivity index (χ2v) is 5.95. The molecule has 0 aliphatic rings. The van der Waals surface area contributed by atoms with Crippen molar-refractivity contribution < 1.29 is 13.3 Å². The molecule has 2 aromatic rings. The summed E-state index contributed by atoms with van der Waals surface area (Å²) < 4.78 is 27.0. The average Bonchev–Trinajstić information content (AvgIpc) is 2.91. The molecule has 0 aliphatic carbocycles. The SMILES string of the molecule is Cc1c([N+](=O)[O-])cccc1S(=O)(=O)NC(C)c1nn[nH]n1. The molecule has 11 heteroatoms. The van der Waals surface area contributed by atoms with Crippen LogP contribution in [0.4, 0.5) is 5.69 Å². The van der Waals surface area contributed by atoms with Gasteiger partial charge in [0.25, 0.3) is 5.69 Å². The number of nitro groups is 1. The molecule has 0 radical (unpaired) electrons. The highest BCUT2D eigenvalue weighted by Gasteiger charge is 2.25. The maximum absolute atomic E-state index is 12.3. The third-order valence-electron chi connectivity index (χ3n) is 2.82. The lowest BCUT2D eigenvalue weighted by atomic mass is 10.2. The number of benzene rings is 1. The van der Waals surface area contributed by atoms with Crippen molar-refractivity contribution in [2.24, 2.45) is 0 Å². The van der Waals surface area contributed by atoms with Gasteiger partial charge in [-0.2, -0.15) is 5.21 Å². The number of H-pyrrole nitrogens is 1. The van der Waals surface area contributed by atoms with Gasteiger partial charge < -0.3 is 0 Å². The van der Waals surface area contributed by atoms with Crippen LogP contribution in [0.5, 0.6) is 0 Å². The van der Waals surface area contributed by atoms with Gasteiger partial charge in [0, 0.05) is 11.6 Å². The smallest absolute Gasteiger partial charge is 0.258 e. The summed E-state index contributed by atoms with van der Waals surface area (Å²) in [5, 5.41) is 23.8. The molecule has 21 heavy (non-hydrogen) atoms. The minimum atomic E-state index is -3.95. The minimum Gasteiger partial charge on any atom is -0.258 e. The lowest BCUT2D eigenvalue weighted by molar-refractivity contribution is -0.385. The first kappa shape index (κ1) is 15.0. The molecule has 0 amide bonds. The normalized spacial score (nSPS) is 13.0. The van der Waals surface area contributed by atoms with E-state index in [1.807, 2.05) is 0 Å². The van der Waals surface area contributed by atoms with E-state index in [-0.39, 0.29) is 22.0 Å². The number of aromatic nitrogens is 4. The number of tetrazole rings is 1. The van der Waals surface area contributed by atoms with Crippen molar-refractivity contribution in [2.75, 3.05) is 0 Å². The summed E-state index contributed by atoms with van der Waals surface area (Å²) in [4.78, 5) is 10.1. The van der Waals surface area contributed by atoms with E-state index in [2.05, 4.69) is 25.3 Å². The monoisotopic (exact) mass is 312 g/mol. The molecule has 1 unspecified atom stereocenters. The zero-order valence-electron chi connectivity index (χ0n) is 11.1. The highest BCUT2D eigenvalue weighted by molar-refractivity contribution is 7.89. The molecule has 1 aromatic carbocycles. The Morgan fingerprint density at radius 2 is 2.14 bits per heavy atom. The molecule has 1 atom stereocenters. The molecule has 0 bridgehead atoms. The van der Waals surface area contributed by atoms with Crippen LogP contribution in [0.3, 0.4) is 0 Å². The number of nitrogens with one attached hydrogen (secondary N) is 2. The predicted octanol–water partition coefficient (Wildman–Crippen LogP) is 0.456. The number of hydrogen-bond donors (Lipinski definition) is 2. The molecule has 0 spiro atoms. The van der Waals surface area contributed by atoms with E-state index in [1.54, 1.807) is 0 Å². The topological polar surface area (TPSA) is 144 Å². The molecular weight excluding hydrogens is 300 g/mol. The first-order valence-electron chi connectivity index (χ1n) is 5.82. The molecular formula is C10H12N6O4S. The van der Waals surface area contributed by atoms with E-state index >= 15 is 0 Å². The van der Waals surface area contributed by atoms with Gasteiger partial charge in [-0.3, -0.25) is 10.1 Å². The van der Waals surface area contributed by atoms with Crippen LogP contribution in [0.25, 0.3) is 0 Å². The quantitative estimate of drug-likeness (QED) is 0.602. The van der Waals surface area contributed by atoms with Gasteiger partial charge in [0.1, 0.15) is 0 Å². The highest BCUT2D eigenvalue weighted by Crippen LogP contribution is 2.25. The fraction of sp³-hybridized carbons (Fsp3) is 0.300. The Labute approximate surface area is 119 Å². The van der Waals surface area contributed by atoms with Crippen LogP contribution in [0.15, 0.2) is 23.1 Å². The molecule has 0 fully saturated rings. The average molecular weight is 312 g/mol. The maximum atomic E-state index is 12.3. The third-order valence-corrected chi connectivity index (χ3v) is 4.51. The van der Waals surface area contributed by atoms with E-state index in [1.165, 1.54) is 32.0 Å². The van der Waals surface area contributed by atoms with Gasteiger partial charge >= 0.3 is 0 Å². The van der Waals surface area contributed by atoms with Crippen LogP contribution in [0.1, 0.15) is 24.4 Å². The Kier molecular flexibility index (Phi) is 3.95. The molecule has 112 valence electrons. The second-order valence-electron chi connectivity index (χ2n) is 4.27. The van der Waals surface area contributed by atoms with Gasteiger partial charge in [-0.05, 0) is 19.9 Å². The molecule has 0 saturated carbocycles. The standard InChI is InChI=1S/C10H12N6O4S/c1-6-8(16(17)18)4-3-5-9(6)21(19,20)13-7(2)10-11-14-15-12-10/h3-5,7,13H,1-2H3,(H,11,12,14,15). The molecule has 0 aliphatic heterocycles. The Balaban J connectivity index is 2.36. The van der Waals surface area contributed by atoms with Crippen LogP contribution in [-0.4, -0.2) is 34.0 Å². The van der Waals surface area contributed by atoms with Crippen molar-refractivity contribution in [3.63, 3.8) is 0 Å². The van der Waals surface area contributed by atoms with Crippen LogP contribution in [-0.2, 0) is 10.0 Å². The van der Waals surface area contributed by atoms with Crippen molar-refractivity contribution in [2.45, 2.75) is 24.8 Å². The van der Waals surface area contributed by atoms with Crippen molar-refractivity contribution >= 4 is 15.7 Å². The molecule has 1 heterocycles. The lowest BCUT2D eigenvalue weighted by Gasteiger charge is -2.12. The summed E-state index contributed by atoms with van der Waals surface area (Å²) in [6.07, 6.45) is 0. The van der Waals surface area contributed by atoms with Crippen LogP contribution >= 0.6 is 0 Å². The van der Waals surface area contributed by atoms with E-state index in [4.69, 9.17) is 0 Å². The summed E-state index contributed by atoms with van der Waals surface area (Å²) in [7, 11) is -3.95. The van der Waals surface area contributed by atoms with Crippen molar-refractivity contribution in [1.29, 1.82) is 0 Å². The minimum absolute atomic E-state index is 0.0651. The number of sulfonamides is 1. The molecule has 1 aromatic heterocycles. The number of nitro benzene ring substituents is 1. The molecule has 2 N–H and O–H groups in total. The van der Waals surface area contributed by atoms with E-state index in [0.29, 0.717) is 0 Å². The summed E-state index contributed by atoms with van der Waals surface area (Å²) >= 11 is 0. The molecule has 10 nitrogen and oxygen atoms in total. The Morgan fingerprint density at radius 1 is 1.43 bits per heavy atom. The Bertz CT molecular complexity index is 758. The lowest BCUT2D eigenvalue weighted by Crippen LogP contribution is -2.28. The summed E-state index contributed by atoms with van der Waals surface area (Å²) in [6.45, 7) is 2.92. The first-order valence-corrected chi connectivity index (χ1v) is 7.31. The Morgan fingerprint density at radius 3 is 2.71 bits per heavy atom. The largest absolute Gasteiger partial charge is 0.273 e. The van der Waals surface area contributed by atoms with Gasteiger partial charge in [-0.25, -0.2) is 13.1 Å². The second kappa shape index (κ2) is 5.54. The van der Waals surface area contributed by atoms with Gasteiger partial charge in [0.05, 0.1) is 15.9 Å². The van der Waals surface area contributed by atoms with E-state index in [0.717, 1.165) is 0 Å². The fourth-order valence-electron chi connectivity index (χ4n) is 1.79. The van der Waals surface area contributed by atoms with Gasteiger partial charge in [0.2, 0.25) is 10.0 Å². The third kappa shape index (κ3) is 3.03. The van der Waals surface area contributed by atoms with Crippen LogP contribution < -0.4 is 4.72 Å². The number of hydrogen-bond acceptors (Lipinski definition) is 7. The number of nitrogens with zero attached hydrogens (tertiary/aromatic N) is 4. The zero-order valence-corrected chi connectivity index (χ0v) is 12.0. The fourth-order valence-corrected chi connectivity index (χ4v) is 3.26. The van der Waals surface area contributed by atoms with Crippen molar-refractivity contribution in [3.05, 3.63) is 39.7 Å². The molecule has 0 saturated heterocycles. The van der Waals surface area contributed by atoms with Gasteiger partial charge in [0.15, 0.2) is 5.82 Å². The zero-order chi connectivity index (χ0) is 15.6. The van der Waals surface area contributed by atoms with E-state index < -0.39 is 21.0 Å². The Hall–Kier alpha value is -2.40. The van der Waals surface area contributed by atoms with Gasteiger partial charge in [-0.1, -0.05) is 11.3 Å². The number of rotatable bonds is 5. The van der Waals surface area contributed by atoms with Crippen molar-refractivity contribution in [1.82, 2.24) is 25.3 Å².